The molecule has 0 aromatic heterocycles. The number of hydrogen-bond donors (Lipinski definition) is 0. The topological polar surface area (TPSA) is 37.4 Å². The van der Waals surface area contributed by atoms with Crippen LogP contribution in [0.25, 0.3) is 0 Å². The Bertz CT molecular complexity index is 489. The first-order chi connectivity index (χ1) is 9.18. The lowest BCUT2D eigenvalue weighted by molar-refractivity contribution is 0.126. The highest BCUT2D eigenvalue weighted by atomic mass is 32.2. The Morgan fingerprint density at radius 3 is 2.15 bits per heavy atom. The van der Waals surface area contributed by atoms with Gasteiger partial charge < -0.3 is 0 Å². The second-order valence-electron chi connectivity index (χ2n) is 6.41. The van der Waals surface area contributed by atoms with Crippen molar-refractivity contribution in [2.75, 3.05) is 18.6 Å². The number of nitrogens with zero attached hydrogens (tertiary/aromatic N) is 1. The minimum atomic E-state index is -2.83. The van der Waals surface area contributed by atoms with Gasteiger partial charge in [0.2, 0.25) is 0 Å². The molecule has 0 fully saturated rings. The maximum Gasteiger partial charge on any atom is 0.147 e. The summed E-state index contributed by atoms with van der Waals surface area (Å²) in [5.41, 5.74) is 1.38. The molecule has 20 heavy (non-hydrogen) atoms. The number of hydrogen-bond acceptors (Lipinski definition) is 3. The molecule has 0 bridgehead atoms. The van der Waals surface area contributed by atoms with Crippen molar-refractivity contribution in [3.8, 4) is 0 Å². The van der Waals surface area contributed by atoms with Crippen molar-refractivity contribution < 1.29 is 8.42 Å². The summed E-state index contributed by atoms with van der Waals surface area (Å²) in [4.78, 5) is 2.41. The fourth-order valence-corrected chi connectivity index (χ4v) is 2.85. The fourth-order valence-electron chi connectivity index (χ4n) is 2.12. The molecular formula is C16H27NO2S. The summed E-state index contributed by atoms with van der Waals surface area (Å²) < 4.78 is 22.3. The minimum absolute atomic E-state index is 0.0843. The highest BCUT2D eigenvalue weighted by Gasteiger charge is 2.20. The molecule has 0 aliphatic carbocycles. The predicted molar refractivity (Wildman–Crippen MR) is 85.5 cm³/mol. The molecule has 1 rings (SSSR count). The van der Waals surface area contributed by atoms with Crippen molar-refractivity contribution in [2.24, 2.45) is 0 Å². The normalized spacial score (nSPS) is 12.8. The van der Waals surface area contributed by atoms with Crippen LogP contribution in [0.3, 0.4) is 0 Å². The van der Waals surface area contributed by atoms with Gasteiger partial charge in [0.15, 0.2) is 0 Å². The van der Waals surface area contributed by atoms with Crippen LogP contribution < -0.4 is 0 Å². The summed E-state index contributed by atoms with van der Waals surface area (Å²) in [7, 11) is -2.83. The monoisotopic (exact) mass is 297 g/mol. The SMILES string of the molecule is CC(C)(C)N(CCCCS(C)(=O)=O)Cc1ccccc1. The van der Waals surface area contributed by atoms with Crippen LogP contribution >= 0.6 is 0 Å². The van der Waals surface area contributed by atoms with E-state index in [0.29, 0.717) is 0 Å². The van der Waals surface area contributed by atoms with Crippen molar-refractivity contribution >= 4 is 9.84 Å². The van der Waals surface area contributed by atoms with Crippen LogP contribution in [0.2, 0.25) is 0 Å². The molecule has 0 saturated carbocycles. The molecule has 0 radical (unpaired) electrons. The molecule has 0 N–H and O–H groups in total. The molecule has 0 atom stereocenters. The molecule has 4 heteroatoms. The Morgan fingerprint density at radius 2 is 1.65 bits per heavy atom. The van der Waals surface area contributed by atoms with Crippen LogP contribution in [-0.2, 0) is 16.4 Å². The number of benzene rings is 1. The Morgan fingerprint density at radius 1 is 1.05 bits per heavy atom. The zero-order valence-electron chi connectivity index (χ0n) is 13.1. The maximum atomic E-state index is 11.2. The lowest BCUT2D eigenvalue weighted by Crippen LogP contribution is -2.41. The van der Waals surface area contributed by atoms with Gasteiger partial charge in [0.25, 0.3) is 0 Å². The largest absolute Gasteiger partial charge is 0.294 e. The molecule has 1 aromatic rings. The van der Waals surface area contributed by atoms with E-state index in [4.69, 9.17) is 0 Å². The van der Waals surface area contributed by atoms with Gasteiger partial charge in [0.05, 0.1) is 0 Å². The first-order valence-corrected chi connectivity index (χ1v) is 9.21. The van der Waals surface area contributed by atoms with Crippen molar-refractivity contribution in [1.29, 1.82) is 0 Å². The zero-order chi connectivity index (χ0) is 15.2. The van der Waals surface area contributed by atoms with Gasteiger partial charge in [-0.3, -0.25) is 4.90 Å². The molecule has 3 nitrogen and oxygen atoms in total. The maximum absolute atomic E-state index is 11.2. The molecule has 114 valence electrons. The van der Waals surface area contributed by atoms with Crippen molar-refractivity contribution in [2.45, 2.75) is 45.7 Å². The van der Waals surface area contributed by atoms with Gasteiger partial charge in [0.1, 0.15) is 9.84 Å². The average Bonchev–Trinajstić information content (AvgIpc) is 2.32. The van der Waals surface area contributed by atoms with E-state index in [1.165, 1.54) is 11.8 Å². The Hall–Kier alpha value is -0.870. The Kier molecular flexibility index (Phi) is 6.21. The van der Waals surface area contributed by atoms with Crippen LogP contribution in [0.1, 0.15) is 39.2 Å². The summed E-state index contributed by atoms with van der Waals surface area (Å²) in [5.74, 6) is 0.288. The van der Waals surface area contributed by atoms with E-state index in [1.54, 1.807) is 0 Å². The average molecular weight is 297 g/mol. The third-order valence-electron chi connectivity index (χ3n) is 3.36. The van der Waals surface area contributed by atoms with Gasteiger partial charge in [-0.25, -0.2) is 8.42 Å². The Balaban J connectivity index is 2.54. The van der Waals surface area contributed by atoms with Crippen molar-refractivity contribution in [1.82, 2.24) is 4.90 Å². The van der Waals surface area contributed by atoms with Crippen LogP contribution in [-0.4, -0.2) is 37.4 Å². The molecule has 0 saturated heterocycles. The lowest BCUT2D eigenvalue weighted by Gasteiger charge is -2.35. The zero-order valence-corrected chi connectivity index (χ0v) is 13.9. The summed E-state index contributed by atoms with van der Waals surface area (Å²) in [6, 6.07) is 10.4. The van der Waals surface area contributed by atoms with E-state index in [0.717, 1.165) is 25.9 Å². The lowest BCUT2D eigenvalue weighted by atomic mass is 10.0. The van der Waals surface area contributed by atoms with Crippen LogP contribution in [0.4, 0.5) is 0 Å². The molecule has 0 unspecified atom stereocenters. The summed E-state index contributed by atoms with van der Waals surface area (Å²) in [5, 5.41) is 0. The molecule has 0 aliphatic rings. The van der Waals surface area contributed by atoms with Gasteiger partial charge in [0, 0.05) is 24.1 Å². The first kappa shape index (κ1) is 17.2. The van der Waals surface area contributed by atoms with Gasteiger partial charge in [-0.15, -0.1) is 0 Å². The van der Waals surface area contributed by atoms with Crippen molar-refractivity contribution in [3.05, 3.63) is 35.9 Å². The molecule has 0 aliphatic heterocycles. The van der Waals surface area contributed by atoms with E-state index in [9.17, 15) is 8.42 Å². The van der Waals surface area contributed by atoms with E-state index in [2.05, 4.69) is 49.9 Å². The highest BCUT2D eigenvalue weighted by molar-refractivity contribution is 7.90. The quantitative estimate of drug-likeness (QED) is 0.726. The molecule has 0 heterocycles. The summed E-state index contributed by atoms with van der Waals surface area (Å²) in [6.45, 7) is 8.43. The van der Waals surface area contributed by atoms with E-state index >= 15 is 0 Å². The summed E-state index contributed by atoms with van der Waals surface area (Å²) >= 11 is 0. The summed E-state index contributed by atoms with van der Waals surface area (Å²) in [6.07, 6.45) is 2.95. The smallest absolute Gasteiger partial charge is 0.147 e. The standard InChI is InChI=1S/C16H27NO2S/c1-16(2,3)17(12-8-9-13-20(4,18)19)14-15-10-6-5-7-11-15/h5-7,10-11H,8-9,12-14H2,1-4H3. The van der Waals surface area contributed by atoms with Gasteiger partial charge in [-0.05, 0) is 45.7 Å². The van der Waals surface area contributed by atoms with E-state index in [-0.39, 0.29) is 11.3 Å². The van der Waals surface area contributed by atoms with Crippen LogP contribution in [0.15, 0.2) is 30.3 Å². The van der Waals surface area contributed by atoms with Crippen LogP contribution in [0, 0.1) is 0 Å². The second kappa shape index (κ2) is 7.23. The third kappa shape index (κ3) is 7.06. The molecule has 1 aromatic carbocycles. The Labute approximate surface area is 123 Å². The predicted octanol–water partition coefficient (Wildman–Crippen LogP) is 3.11. The minimum Gasteiger partial charge on any atom is -0.294 e. The van der Waals surface area contributed by atoms with E-state index < -0.39 is 9.84 Å². The number of sulfone groups is 1. The first-order valence-electron chi connectivity index (χ1n) is 7.15. The van der Waals surface area contributed by atoms with Gasteiger partial charge in [-0.2, -0.15) is 0 Å². The second-order valence-corrected chi connectivity index (χ2v) is 8.67. The van der Waals surface area contributed by atoms with E-state index in [1.807, 2.05) is 6.07 Å². The number of rotatable bonds is 7. The van der Waals surface area contributed by atoms with Crippen LogP contribution in [0.5, 0.6) is 0 Å². The van der Waals surface area contributed by atoms with Gasteiger partial charge >= 0.3 is 0 Å². The third-order valence-corrected chi connectivity index (χ3v) is 4.39. The highest BCUT2D eigenvalue weighted by Crippen LogP contribution is 2.18. The molecule has 0 amide bonds. The molecular weight excluding hydrogens is 270 g/mol. The molecule has 0 spiro atoms. The van der Waals surface area contributed by atoms with Crippen molar-refractivity contribution in [3.63, 3.8) is 0 Å². The number of unbranched alkanes of at least 4 members (excludes halogenated alkanes) is 1. The van der Waals surface area contributed by atoms with Gasteiger partial charge in [-0.1, -0.05) is 30.3 Å². The fraction of sp³-hybridized carbons (Fsp3) is 0.625.